The SMILES string of the molecule is Cn1c(=O)ccc2cnc3ccc(-c4c[nH][n+](C)c4)cc3c21. The van der Waals surface area contributed by atoms with Crippen molar-refractivity contribution in [2.45, 2.75) is 0 Å². The van der Waals surface area contributed by atoms with Crippen molar-refractivity contribution < 1.29 is 4.68 Å². The molecule has 0 saturated carbocycles. The van der Waals surface area contributed by atoms with Crippen molar-refractivity contribution in [1.29, 1.82) is 0 Å². The molecule has 0 radical (unpaired) electrons. The van der Waals surface area contributed by atoms with Crippen LogP contribution in [-0.4, -0.2) is 14.6 Å². The molecule has 3 aromatic heterocycles. The van der Waals surface area contributed by atoms with Crippen LogP contribution in [0, 0.1) is 0 Å². The van der Waals surface area contributed by atoms with Crippen LogP contribution in [0.5, 0.6) is 0 Å². The minimum absolute atomic E-state index is 0.0153. The molecule has 5 nitrogen and oxygen atoms in total. The molecule has 1 aromatic carbocycles. The van der Waals surface area contributed by atoms with E-state index < -0.39 is 0 Å². The summed E-state index contributed by atoms with van der Waals surface area (Å²) in [6.45, 7) is 0. The normalized spacial score (nSPS) is 11.4. The molecule has 3 heterocycles. The summed E-state index contributed by atoms with van der Waals surface area (Å²) in [4.78, 5) is 16.5. The van der Waals surface area contributed by atoms with Crippen molar-refractivity contribution in [2.75, 3.05) is 0 Å². The van der Waals surface area contributed by atoms with Gasteiger partial charge in [0.05, 0.1) is 22.8 Å². The molecule has 0 unspecified atom stereocenters. The Morgan fingerprint density at radius 3 is 2.82 bits per heavy atom. The van der Waals surface area contributed by atoms with E-state index in [9.17, 15) is 4.79 Å². The zero-order chi connectivity index (χ0) is 15.3. The molecule has 0 saturated heterocycles. The largest absolute Gasteiger partial charge is 0.311 e. The second kappa shape index (κ2) is 4.53. The molecular formula is C17H15N4O+. The summed E-state index contributed by atoms with van der Waals surface area (Å²) in [6.07, 6.45) is 5.80. The van der Waals surface area contributed by atoms with Gasteiger partial charge in [-0.25, -0.2) is 0 Å². The molecular weight excluding hydrogens is 276 g/mol. The minimum Gasteiger partial charge on any atom is -0.311 e. The second-order valence-corrected chi connectivity index (χ2v) is 5.49. The molecule has 0 fully saturated rings. The Balaban J connectivity index is 2.11. The topological polar surface area (TPSA) is 54.6 Å². The predicted octanol–water partition coefficient (Wildman–Crippen LogP) is 1.91. The number of nitrogens with one attached hydrogen (secondary N) is 1. The minimum atomic E-state index is -0.0153. The van der Waals surface area contributed by atoms with E-state index in [2.05, 4.69) is 16.1 Å². The van der Waals surface area contributed by atoms with E-state index in [4.69, 9.17) is 0 Å². The quantitative estimate of drug-likeness (QED) is 0.430. The van der Waals surface area contributed by atoms with E-state index in [1.807, 2.05) is 48.5 Å². The van der Waals surface area contributed by atoms with E-state index >= 15 is 0 Å². The fourth-order valence-corrected chi connectivity index (χ4v) is 2.87. The summed E-state index contributed by atoms with van der Waals surface area (Å²) in [5.74, 6) is 0. The fourth-order valence-electron chi connectivity index (χ4n) is 2.87. The maximum Gasteiger partial charge on any atom is 0.250 e. The van der Waals surface area contributed by atoms with Gasteiger partial charge in [0.25, 0.3) is 5.56 Å². The Morgan fingerprint density at radius 2 is 2.05 bits per heavy atom. The van der Waals surface area contributed by atoms with E-state index in [0.717, 1.165) is 32.9 Å². The molecule has 0 atom stereocenters. The highest BCUT2D eigenvalue weighted by molar-refractivity contribution is 6.04. The number of fused-ring (bicyclic) bond motifs is 3. The van der Waals surface area contributed by atoms with Crippen LogP contribution >= 0.6 is 0 Å². The van der Waals surface area contributed by atoms with Crippen molar-refractivity contribution in [1.82, 2.24) is 14.6 Å². The first-order chi connectivity index (χ1) is 10.6. The molecule has 0 bridgehead atoms. The van der Waals surface area contributed by atoms with E-state index in [1.54, 1.807) is 17.7 Å². The molecule has 5 heteroatoms. The lowest BCUT2D eigenvalue weighted by Crippen LogP contribution is -2.27. The van der Waals surface area contributed by atoms with Crippen LogP contribution in [0.1, 0.15) is 0 Å². The molecule has 0 spiro atoms. The van der Waals surface area contributed by atoms with Crippen LogP contribution in [0.25, 0.3) is 32.9 Å². The van der Waals surface area contributed by atoms with Crippen LogP contribution in [0.2, 0.25) is 0 Å². The van der Waals surface area contributed by atoms with E-state index in [1.165, 1.54) is 0 Å². The summed E-state index contributed by atoms with van der Waals surface area (Å²) in [5.41, 5.74) is 3.98. The molecule has 1 N–H and O–H groups in total. The zero-order valence-corrected chi connectivity index (χ0v) is 12.4. The molecule has 0 aliphatic rings. The number of rotatable bonds is 1. The van der Waals surface area contributed by atoms with Crippen LogP contribution in [-0.2, 0) is 14.1 Å². The number of H-pyrrole nitrogens is 1. The summed E-state index contributed by atoms with van der Waals surface area (Å²) in [7, 11) is 3.75. The van der Waals surface area contributed by atoms with Gasteiger partial charge in [-0.05, 0) is 23.8 Å². The number of aromatic nitrogens is 4. The van der Waals surface area contributed by atoms with Crippen LogP contribution in [0.3, 0.4) is 0 Å². The molecule has 0 aliphatic carbocycles. The first kappa shape index (κ1) is 12.8. The zero-order valence-electron chi connectivity index (χ0n) is 12.4. The van der Waals surface area contributed by atoms with Crippen molar-refractivity contribution in [3.8, 4) is 11.1 Å². The van der Waals surface area contributed by atoms with Gasteiger partial charge >= 0.3 is 0 Å². The number of aryl methyl sites for hydroxylation is 2. The summed E-state index contributed by atoms with van der Waals surface area (Å²) >= 11 is 0. The summed E-state index contributed by atoms with van der Waals surface area (Å²) in [6, 6.07) is 9.53. The molecule has 4 aromatic rings. The maximum absolute atomic E-state index is 12.0. The van der Waals surface area contributed by atoms with E-state index in [-0.39, 0.29) is 5.56 Å². The predicted molar refractivity (Wildman–Crippen MR) is 85.5 cm³/mol. The fraction of sp³-hybridized carbons (Fsp3) is 0.118. The Hall–Kier alpha value is -2.95. The third-order valence-corrected chi connectivity index (χ3v) is 4.03. The Labute approximate surface area is 126 Å². The Kier molecular flexibility index (Phi) is 2.63. The monoisotopic (exact) mass is 291 g/mol. The average molecular weight is 291 g/mol. The maximum atomic E-state index is 12.0. The number of hydrogen-bond donors (Lipinski definition) is 1. The number of aromatic amines is 1. The molecule has 0 amide bonds. The van der Waals surface area contributed by atoms with Gasteiger partial charge in [0, 0.05) is 30.1 Å². The summed E-state index contributed by atoms with van der Waals surface area (Å²) < 4.78 is 3.58. The van der Waals surface area contributed by atoms with Gasteiger partial charge in [-0.2, -0.15) is 5.10 Å². The van der Waals surface area contributed by atoms with Crippen molar-refractivity contribution in [3.05, 3.63) is 59.3 Å². The van der Waals surface area contributed by atoms with Gasteiger partial charge in [0.1, 0.15) is 0 Å². The Bertz CT molecular complexity index is 1080. The lowest BCUT2D eigenvalue weighted by Gasteiger charge is -2.08. The molecule has 108 valence electrons. The Morgan fingerprint density at radius 1 is 1.18 bits per heavy atom. The van der Waals surface area contributed by atoms with Gasteiger partial charge < -0.3 is 4.57 Å². The number of nitrogens with zero attached hydrogens (tertiary/aromatic N) is 3. The number of pyridine rings is 2. The van der Waals surface area contributed by atoms with E-state index in [0.29, 0.717) is 0 Å². The smallest absolute Gasteiger partial charge is 0.250 e. The first-order valence-electron chi connectivity index (χ1n) is 7.06. The van der Waals surface area contributed by atoms with Gasteiger partial charge in [-0.15, -0.1) is 4.68 Å². The molecule has 4 rings (SSSR count). The van der Waals surface area contributed by atoms with Gasteiger partial charge in [0.2, 0.25) is 6.20 Å². The number of benzene rings is 1. The first-order valence-corrected chi connectivity index (χ1v) is 7.06. The second-order valence-electron chi connectivity index (χ2n) is 5.49. The third-order valence-electron chi connectivity index (χ3n) is 4.03. The standard InChI is InChI=1S/C17H14N4O/c1-20-10-13(9-19-20)11-3-5-15-14(7-11)17-12(8-18-15)4-6-16(22)21(17)2/h3-10H,1-2H3/p+1. The lowest BCUT2D eigenvalue weighted by atomic mass is 10.0. The lowest BCUT2D eigenvalue weighted by molar-refractivity contribution is -0.726. The highest BCUT2D eigenvalue weighted by Gasteiger charge is 2.10. The molecule has 0 aliphatic heterocycles. The van der Waals surface area contributed by atoms with Crippen LogP contribution in [0.4, 0.5) is 0 Å². The van der Waals surface area contributed by atoms with Gasteiger partial charge in [0.15, 0.2) is 7.05 Å². The number of hydrogen-bond acceptors (Lipinski definition) is 2. The highest BCUT2D eigenvalue weighted by Crippen LogP contribution is 2.27. The summed E-state index contributed by atoms with van der Waals surface area (Å²) in [5, 5.41) is 5.07. The average Bonchev–Trinajstić information content (AvgIpc) is 2.96. The van der Waals surface area contributed by atoms with Crippen LogP contribution < -0.4 is 10.2 Å². The highest BCUT2D eigenvalue weighted by atomic mass is 16.1. The van der Waals surface area contributed by atoms with Crippen molar-refractivity contribution >= 4 is 21.8 Å². The third kappa shape index (κ3) is 1.83. The van der Waals surface area contributed by atoms with Crippen molar-refractivity contribution in [3.63, 3.8) is 0 Å². The van der Waals surface area contributed by atoms with Crippen molar-refractivity contribution in [2.24, 2.45) is 14.1 Å². The van der Waals surface area contributed by atoms with Gasteiger partial charge in [-0.3, -0.25) is 9.78 Å². The molecule has 22 heavy (non-hydrogen) atoms. The van der Waals surface area contributed by atoms with Crippen LogP contribution in [0.15, 0.2) is 53.7 Å². The van der Waals surface area contributed by atoms with Gasteiger partial charge in [-0.1, -0.05) is 6.07 Å².